The van der Waals surface area contributed by atoms with Gasteiger partial charge >= 0.3 is 0 Å². The lowest BCUT2D eigenvalue weighted by Gasteiger charge is -2.21. The molecule has 0 aliphatic heterocycles. The lowest BCUT2D eigenvalue weighted by Crippen LogP contribution is -2.26. The molecule has 2 rings (SSSR count). The molecule has 1 aliphatic carbocycles. The molecule has 0 amide bonds. The molecule has 0 spiro atoms. The highest BCUT2D eigenvalue weighted by Gasteiger charge is 2.21. The molecular weight excluding hydrogens is 196 g/mol. The van der Waals surface area contributed by atoms with Crippen molar-refractivity contribution in [2.45, 2.75) is 51.0 Å². The van der Waals surface area contributed by atoms with Crippen LogP contribution in [0.1, 0.15) is 49.1 Å². The van der Waals surface area contributed by atoms with E-state index in [0.29, 0.717) is 12.0 Å². The molecule has 2 heteroatoms. The van der Waals surface area contributed by atoms with Gasteiger partial charge in [0.05, 0.1) is 0 Å². The van der Waals surface area contributed by atoms with Gasteiger partial charge < -0.3 is 5.32 Å². The normalized spacial score (nSPS) is 26.4. The molecule has 0 aromatic carbocycles. The maximum atomic E-state index is 4.28. The number of rotatable bonds is 2. The van der Waals surface area contributed by atoms with Gasteiger partial charge in [-0.25, -0.2) is 0 Å². The van der Waals surface area contributed by atoms with E-state index in [9.17, 15) is 0 Å². The Morgan fingerprint density at radius 3 is 2.88 bits per heavy atom. The molecule has 0 bridgehead atoms. The lowest BCUT2D eigenvalue weighted by atomic mass is 9.89. The molecule has 1 aromatic rings. The molecule has 16 heavy (non-hydrogen) atoms. The van der Waals surface area contributed by atoms with Gasteiger partial charge in [0.1, 0.15) is 0 Å². The Morgan fingerprint density at radius 1 is 1.31 bits per heavy atom. The van der Waals surface area contributed by atoms with Crippen molar-refractivity contribution in [3.8, 4) is 0 Å². The van der Waals surface area contributed by atoms with Crippen molar-refractivity contribution in [1.82, 2.24) is 10.3 Å². The summed E-state index contributed by atoms with van der Waals surface area (Å²) >= 11 is 0. The number of nitrogens with one attached hydrogen (secondary N) is 1. The molecule has 1 N–H and O–H groups in total. The second-order valence-electron chi connectivity index (χ2n) is 4.93. The second-order valence-corrected chi connectivity index (χ2v) is 4.93. The van der Waals surface area contributed by atoms with Gasteiger partial charge in [-0.2, -0.15) is 0 Å². The van der Waals surface area contributed by atoms with Gasteiger partial charge in [0.15, 0.2) is 0 Å². The van der Waals surface area contributed by atoms with E-state index >= 15 is 0 Å². The third-order valence-corrected chi connectivity index (χ3v) is 3.85. The van der Waals surface area contributed by atoms with Gasteiger partial charge in [0.2, 0.25) is 0 Å². The predicted molar refractivity (Wildman–Crippen MR) is 67.6 cm³/mol. The summed E-state index contributed by atoms with van der Waals surface area (Å²) in [5, 5.41) is 3.44. The summed E-state index contributed by atoms with van der Waals surface area (Å²) in [6.45, 7) is 2.20. The predicted octanol–water partition coefficient (Wildman–Crippen LogP) is 3.03. The average Bonchev–Trinajstić information content (AvgIpc) is 2.55. The second kappa shape index (κ2) is 5.44. The number of nitrogens with zero attached hydrogens (tertiary/aromatic N) is 1. The van der Waals surface area contributed by atoms with Crippen molar-refractivity contribution < 1.29 is 0 Å². The Bertz CT molecular complexity index is 335. The summed E-state index contributed by atoms with van der Waals surface area (Å²) in [5.41, 5.74) is 2.86. The Balaban J connectivity index is 2.16. The van der Waals surface area contributed by atoms with Gasteiger partial charge in [-0.15, -0.1) is 0 Å². The molecule has 1 fully saturated rings. The summed E-state index contributed by atoms with van der Waals surface area (Å²) < 4.78 is 0. The first-order chi connectivity index (χ1) is 7.81. The average molecular weight is 218 g/mol. The van der Waals surface area contributed by atoms with Crippen LogP contribution in [-0.4, -0.2) is 18.1 Å². The molecule has 0 saturated heterocycles. The van der Waals surface area contributed by atoms with Crippen molar-refractivity contribution in [3.05, 3.63) is 29.6 Å². The fourth-order valence-corrected chi connectivity index (χ4v) is 2.81. The molecule has 2 unspecified atom stereocenters. The van der Waals surface area contributed by atoms with E-state index in [1.165, 1.54) is 43.2 Å². The van der Waals surface area contributed by atoms with E-state index in [1.807, 2.05) is 6.20 Å². The number of hydrogen-bond donors (Lipinski definition) is 1. The maximum absolute atomic E-state index is 4.28. The van der Waals surface area contributed by atoms with Gasteiger partial charge in [-0.05, 0) is 56.3 Å². The molecule has 1 aromatic heterocycles. The van der Waals surface area contributed by atoms with E-state index in [4.69, 9.17) is 0 Å². The summed E-state index contributed by atoms with van der Waals surface area (Å²) in [7, 11) is 2.09. The number of hydrogen-bond acceptors (Lipinski definition) is 2. The number of aryl methyl sites for hydroxylation is 1. The summed E-state index contributed by atoms with van der Waals surface area (Å²) in [4.78, 5) is 4.28. The fraction of sp³-hybridized carbons (Fsp3) is 0.643. The molecular formula is C14H22N2. The Kier molecular flexibility index (Phi) is 3.94. The van der Waals surface area contributed by atoms with Crippen molar-refractivity contribution in [2.75, 3.05) is 7.05 Å². The highest BCUT2D eigenvalue weighted by Crippen LogP contribution is 2.32. The minimum Gasteiger partial charge on any atom is -0.317 e. The van der Waals surface area contributed by atoms with Crippen molar-refractivity contribution in [2.24, 2.45) is 0 Å². The Morgan fingerprint density at radius 2 is 2.12 bits per heavy atom. The SMILES string of the molecule is CNC1CCCCC(c2cnccc2C)C1. The largest absolute Gasteiger partial charge is 0.317 e. The van der Waals surface area contributed by atoms with Crippen molar-refractivity contribution in [3.63, 3.8) is 0 Å². The Labute approximate surface area is 98.5 Å². The molecule has 2 nitrogen and oxygen atoms in total. The van der Waals surface area contributed by atoms with Crippen LogP contribution in [0.2, 0.25) is 0 Å². The van der Waals surface area contributed by atoms with E-state index < -0.39 is 0 Å². The summed E-state index contributed by atoms with van der Waals surface area (Å²) in [6, 6.07) is 2.82. The zero-order valence-electron chi connectivity index (χ0n) is 10.4. The lowest BCUT2D eigenvalue weighted by molar-refractivity contribution is 0.470. The third-order valence-electron chi connectivity index (χ3n) is 3.85. The molecule has 88 valence electrons. The number of aromatic nitrogens is 1. The zero-order chi connectivity index (χ0) is 11.4. The van der Waals surface area contributed by atoms with Gasteiger partial charge in [-0.3, -0.25) is 4.98 Å². The first kappa shape index (κ1) is 11.6. The van der Waals surface area contributed by atoms with Crippen LogP contribution in [0.3, 0.4) is 0 Å². The van der Waals surface area contributed by atoms with Crippen LogP contribution in [0, 0.1) is 6.92 Å². The first-order valence-electron chi connectivity index (χ1n) is 6.39. The highest BCUT2D eigenvalue weighted by atomic mass is 14.9. The van der Waals surface area contributed by atoms with Crippen molar-refractivity contribution in [1.29, 1.82) is 0 Å². The van der Waals surface area contributed by atoms with Crippen LogP contribution in [-0.2, 0) is 0 Å². The minimum absolute atomic E-state index is 0.687. The standard InChI is InChI=1S/C14H22N2/c1-11-7-8-16-10-14(11)12-5-3-4-6-13(9-12)15-2/h7-8,10,12-13,15H,3-6,9H2,1-2H3. The highest BCUT2D eigenvalue weighted by molar-refractivity contribution is 5.25. The Hall–Kier alpha value is -0.890. The van der Waals surface area contributed by atoms with E-state index in [-0.39, 0.29) is 0 Å². The molecule has 1 saturated carbocycles. The summed E-state index contributed by atoms with van der Waals surface area (Å²) in [5.74, 6) is 0.702. The monoisotopic (exact) mass is 218 g/mol. The van der Waals surface area contributed by atoms with Crippen molar-refractivity contribution >= 4 is 0 Å². The van der Waals surface area contributed by atoms with Crippen LogP contribution in [0.25, 0.3) is 0 Å². The van der Waals surface area contributed by atoms with Gasteiger partial charge in [-0.1, -0.05) is 12.8 Å². The number of pyridine rings is 1. The van der Waals surface area contributed by atoms with Crippen LogP contribution >= 0.6 is 0 Å². The maximum Gasteiger partial charge on any atom is 0.0305 e. The van der Waals surface area contributed by atoms with Crippen LogP contribution in [0.5, 0.6) is 0 Å². The van der Waals surface area contributed by atoms with Crippen LogP contribution in [0.4, 0.5) is 0 Å². The van der Waals surface area contributed by atoms with E-state index in [2.05, 4.69) is 36.5 Å². The van der Waals surface area contributed by atoms with Gasteiger partial charge in [0.25, 0.3) is 0 Å². The smallest absolute Gasteiger partial charge is 0.0305 e. The molecule has 0 radical (unpaired) electrons. The topological polar surface area (TPSA) is 24.9 Å². The molecule has 2 atom stereocenters. The molecule has 1 heterocycles. The molecule has 1 aliphatic rings. The summed E-state index contributed by atoms with van der Waals surface area (Å²) in [6.07, 6.45) is 10.6. The fourth-order valence-electron chi connectivity index (χ4n) is 2.81. The van der Waals surface area contributed by atoms with E-state index in [0.717, 1.165) is 0 Å². The van der Waals surface area contributed by atoms with E-state index in [1.54, 1.807) is 0 Å². The third kappa shape index (κ3) is 2.62. The first-order valence-corrected chi connectivity index (χ1v) is 6.39. The zero-order valence-corrected chi connectivity index (χ0v) is 10.4. The van der Waals surface area contributed by atoms with Gasteiger partial charge in [0, 0.05) is 18.4 Å². The van der Waals surface area contributed by atoms with Crippen LogP contribution < -0.4 is 5.32 Å². The van der Waals surface area contributed by atoms with Crippen LogP contribution in [0.15, 0.2) is 18.5 Å². The quantitative estimate of drug-likeness (QED) is 0.772. The minimum atomic E-state index is 0.687.